The Morgan fingerprint density at radius 2 is 1.50 bits per heavy atom. The number of unbranched alkanes of at least 4 members (excludes halogenated alkanes) is 13. The summed E-state index contributed by atoms with van der Waals surface area (Å²) in [7, 11) is 0. The van der Waals surface area contributed by atoms with Crippen molar-refractivity contribution >= 4 is 17.8 Å². The van der Waals surface area contributed by atoms with E-state index in [9.17, 15) is 9.18 Å². The normalized spacial score (nSPS) is 11.1. The van der Waals surface area contributed by atoms with E-state index in [4.69, 9.17) is 25.6 Å². The second-order valence-corrected chi connectivity index (χ2v) is 9.22. The van der Waals surface area contributed by atoms with Crippen LogP contribution in [0.1, 0.15) is 103 Å². The number of halogens is 2. The fourth-order valence-corrected chi connectivity index (χ4v) is 4.18. The van der Waals surface area contributed by atoms with E-state index in [1.165, 1.54) is 88.8 Å². The summed E-state index contributed by atoms with van der Waals surface area (Å²) < 4.78 is 29.7. The number of carbonyl (C=O) groups is 1. The fourth-order valence-electron chi connectivity index (χ4n) is 3.93. The molecule has 0 bridgehead atoms. The molecule has 0 N–H and O–H groups in total. The quantitative estimate of drug-likeness (QED) is 0.161. The first-order chi connectivity index (χ1) is 16.5. The molecule has 2 rings (SSSR count). The van der Waals surface area contributed by atoms with Crippen molar-refractivity contribution in [2.45, 2.75) is 104 Å². The number of hydrogen-bond donors (Lipinski definition) is 0. The van der Waals surface area contributed by atoms with Gasteiger partial charge in [-0.2, -0.15) is 0 Å². The maximum Gasteiger partial charge on any atom is 0.514 e. The first-order valence-electron chi connectivity index (χ1n) is 12.8. The number of hydrogen-bond acceptors (Lipinski definition) is 5. The number of nitrogens with zero attached hydrogens (tertiary/aromatic N) is 1. The molecular formula is C27H39ClFNO4. The van der Waals surface area contributed by atoms with Gasteiger partial charge in [-0.1, -0.05) is 113 Å². The molecule has 0 unspecified atom stereocenters. The van der Waals surface area contributed by atoms with Crippen molar-refractivity contribution in [3.63, 3.8) is 0 Å². The summed E-state index contributed by atoms with van der Waals surface area (Å²) in [5, 5.41) is 3.95. The number of rotatable bonds is 17. The lowest BCUT2D eigenvalue weighted by Gasteiger charge is -2.08. The second kappa shape index (κ2) is 16.5. The number of benzene rings is 1. The van der Waals surface area contributed by atoms with E-state index in [-0.39, 0.29) is 34.4 Å². The summed E-state index contributed by atoms with van der Waals surface area (Å²) in [6.07, 6.45) is 16.8. The average Bonchev–Trinajstić information content (AvgIpc) is 3.16. The monoisotopic (exact) mass is 495 g/mol. The van der Waals surface area contributed by atoms with Crippen molar-refractivity contribution < 1.29 is 23.2 Å². The van der Waals surface area contributed by atoms with Gasteiger partial charge in [-0.15, -0.1) is 0 Å². The van der Waals surface area contributed by atoms with Gasteiger partial charge in [0.05, 0.1) is 17.2 Å². The lowest BCUT2D eigenvalue weighted by Crippen LogP contribution is -2.12. The van der Waals surface area contributed by atoms with Crippen molar-refractivity contribution in [2.24, 2.45) is 0 Å². The van der Waals surface area contributed by atoms with Gasteiger partial charge in [0.2, 0.25) is 5.75 Å². The molecule has 34 heavy (non-hydrogen) atoms. The van der Waals surface area contributed by atoms with Crippen molar-refractivity contribution in [2.75, 3.05) is 6.61 Å². The largest absolute Gasteiger partial charge is 0.514 e. The number of ether oxygens (including phenoxy) is 2. The summed E-state index contributed by atoms with van der Waals surface area (Å²) in [6.45, 7) is 4.10. The second-order valence-electron chi connectivity index (χ2n) is 8.81. The van der Waals surface area contributed by atoms with Crippen LogP contribution in [0.2, 0.25) is 5.02 Å². The Labute approximate surface area is 208 Å². The summed E-state index contributed by atoms with van der Waals surface area (Å²) in [6, 6.07) is 4.27. The third-order valence-corrected chi connectivity index (χ3v) is 6.23. The molecule has 0 fully saturated rings. The Bertz CT molecular complexity index is 835. The number of carbonyl (C=O) groups excluding carboxylic acids is 1. The van der Waals surface area contributed by atoms with Crippen LogP contribution in [-0.2, 0) is 4.74 Å². The van der Waals surface area contributed by atoms with Gasteiger partial charge >= 0.3 is 6.16 Å². The van der Waals surface area contributed by atoms with Crippen LogP contribution in [-0.4, -0.2) is 17.9 Å². The predicted octanol–water partition coefficient (Wildman–Crippen LogP) is 9.44. The molecule has 0 radical (unpaired) electrons. The van der Waals surface area contributed by atoms with Crippen molar-refractivity contribution in [3.05, 3.63) is 34.8 Å². The van der Waals surface area contributed by atoms with Crippen LogP contribution in [0.4, 0.5) is 9.18 Å². The van der Waals surface area contributed by atoms with Crippen molar-refractivity contribution in [1.29, 1.82) is 0 Å². The fraction of sp³-hybridized carbons (Fsp3) is 0.630. The van der Waals surface area contributed by atoms with Crippen LogP contribution in [0.15, 0.2) is 22.7 Å². The maximum atomic E-state index is 14.2. The third-order valence-electron chi connectivity index (χ3n) is 5.91. The van der Waals surface area contributed by atoms with Gasteiger partial charge in [-0.05, 0) is 18.6 Å². The van der Waals surface area contributed by atoms with Gasteiger partial charge in [0, 0.05) is 6.92 Å². The van der Waals surface area contributed by atoms with E-state index < -0.39 is 12.0 Å². The van der Waals surface area contributed by atoms with E-state index >= 15 is 0 Å². The average molecular weight is 496 g/mol. The Morgan fingerprint density at radius 1 is 0.941 bits per heavy atom. The summed E-state index contributed by atoms with van der Waals surface area (Å²) in [4.78, 5) is 12.1. The molecule has 0 atom stereocenters. The van der Waals surface area contributed by atoms with Crippen LogP contribution < -0.4 is 4.74 Å². The Morgan fingerprint density at radius 3 is 2.06 bits per heavy atom. The van der Waals surface area contributed by atoms with E-state index in [0.717, 1.165) is 19.3 Å². The Hall–Kier alpha value is -2.08. The molecule has 1 heterocycles. The molecule has 0 aliphatic rings. The molecule has 0 saturated carbocycles. The van der Waals surface area contributed by atoms with Crippen LogP contribution in [0, 0.1) is 12.7 Å². The first-order valence-corrected chi connectivity index (χ1v) is 13.2. The Kier molecular flexibility index (Phi) is 13.7. The molecule has 7 heteroatoms. The molecule has 190 valence electrons. The molecule has 0 aliphatic carbocycles. The van der Waals surface area contributed by atoms with Crippen molar-refractivity contribution in [3.8, 4) is 17.0 Å². The maximum absolute atomic E-state index is 14.2. The molecule has 5 nitrogen and oxygen atoms in total. The lowest BCUT2D eigenvalue weighted by molar-refractivity contribution is 0.0968. The minimum atomic E-state index is -0.866. The van der Waals surface area contributed by atoms with E-state index in [2.05, 4.69) is 12.1 Å². The minimum Gasteiger partial charge on any atom is -0.434 e. The highest BCUT2D eigenvalue weighted by molar-refractivity contribution is 6.33. The van der Waals surface area contributed by atoms with Crippen LogP contribution >= 0.6 is 11.6 Å². The van der Waals surface area contributed by atoms with Crippen LogP contribution in [0.5, 0.6) is 5.75 Å². The SMILES string of the molecule is CCCCCCCCCCCCCCCCOC(=O)Oc1c(-c2c(F)cccc2Cl)noc1C. The highest BCUT2D eigenvalue weighted by Gasteiger charge is 2.24. The molecule has 0 spiro atoms. The molecule has 1 aromatic carbocycles. The molecule has 0 aliphatic heterocycles. The van der Waals surface area contributed by atoms with Gasteiger partial charge in [-0.25, -0.2) is 9.18 Å². The zero-order valence-electron chi connectivity index (χ0n) is 20.7. The highest BCUT2D eigenvalue weighted by atomic mass is 35.5. The van der Waals surface area contributed by atoms with E-state index in [1.807, 2.05) is 0 Å². The van der Waals surface area contributed by atoms with Gasteiger partial charge < -0.3 is 14.0 Å². The molecule has 2 aromatic rings. The van der Waals surface area contributed by atoms with Gasteiger partial charge in [0.15, 0.2) is 11.5 Å². The number of aryl methyl sites for hydroxylation is 1. The number of aromatic nitrogens is 1. The van der Waals surface area contributed by atoms with E-state index in [1.54, 1.807) is 6.92 Å². The third kappa shape index (κ3) is 10.0. The van der Waals surface area contributed by atoms with Crippen LogP contribution in [0.3, 0.4) is 0 Å². The predicted molar refractivity (Wildman–Crippen MR) is 134 cm³/mol. The van der Waals surface area contributed by atoms with E-state index in [0.29, 0.717) is 0 Å². The zero-order chi connectivity index (χ0) is 24.6. The molecule has 0 saturated heterocycles. The Balaban J connectivity index is 1.55. The lowest BCUT2D eigenvalue weighted by atomic mass is 10.0. The zero-order valence-corrected chi connectivity index (χ0v) is 21.4. The molecular weight excluding hydrogens is 457 g/mol. The molecule has 0 amide bonds. The van der Waals surface area contributed by atoms with Gasteiger partial charge in [-0.3, -0.25) is 0 Å². The topological polar surface area (TPSA) is 61.6 Å². The summed E-state index contributed by atoms with van der Waals surface area (Å²) >= 11 is 6.10. The van der Waals surface area contributed by atoms with Crippen molar-refractivity contribution in [1.82, 2.24) is 5.16 Å². The van der Waals surface area contributed by atoms with Gasteiger partial charge in [0.1, 0.15) is 5.82 Å². The smallest absolute Gasteiger partial charge is 0.434 e. The molecule has 1 aromatic heterocycles. The minimum absolute atomic E-state index is 0.0120. The first kappa shape index (κ1) is 28.2. The van der Waals surface area contributed by atoms with Gasteiger partial charge in [0.25, 0.3) is 0 Å². The standard InChI is InChI=1S/C27H39ClFNO4/c1-3-4-5-6-7-8-9-10-11-12-13-14-15-16-20-32-27(31)33-26-21(2)34-30-25(26)24-22(28)18-17-19-23(24)29/h17-19H,3-16,20H2,1-2H3. The highest BCUT2D eigenvalue weighted by Crippen LogP contribution is 2.38. The summed E-state index contributed by atoms with van der Waals surface area (Å²) in [5.41, 5.74) is 0.0600. The van der Waals surface area contributed by atoms with Crippen LogP contribution in [0.25, 0.3) is 11.3 Å². The summed E-state index contributed by atoms with van der Waals surface area (Å²) in [5.74, 6) is -0.331.